The quantitative estimate of drug-likeness (QED) is 0.212. The van der Waals surface area contributed by atoms with Gasteiger partial charge in [0.2, 0.25) is 0 Å². The van der Waals surface area contributed by atoms with Gasteiger partial charge in [-0.05, 0) is 55.1 Å². The van der Waals surface area contributed by atoms with Crippen molar-refractivity contribution in [1.82, 2.24) is 19.9 Å². The number of pyridine rings is 1. The number of hydrogen-bond donors (Lipinski definition) is 3. The lowest BCUT2D eigenvalue weighted by Crippen LogP contribution is -2.46. The number of nitrogens with zero attached hydrogens (tertiary/aromatic N) is 3. The fourth-order valence-corrected chi connectivity index (χ4v) is 4.49. The van der Waals surface area contributed by atoms with Crippen LogP contribution in [0, 0.1) is 6.92 Å². The molecule has 242 valence electrons. The first-order valence-corrected chi connectivity index (χ1v) is 14.0. The average Bonchev–Trinajstić information content (AvgIpc) is 2.99. The molecule has 15 heteroatoms. The fourth-order valence-electron chi connectivity index (χ4n) is 4.49. The highest BCUT2D eigenvalue weighted by Gasteiger charge is 2.29. The second kappa shape index (κ2) is 16.8. The van der Waals surface area contributed by atoms with E-state index in [1.165, 1.54) is 12.3 Å². The first-order chi connectivity index (χ1) is 21.4. The molecule has 0 amide bonds. The van der Waals surface area contributed by atoms with Crippen LogP contribution in [0.2, 0.25) is 0 Å². The van der Waals surface area contributed by atoms with E-state index in [2.05, 4.69) is 14.9 Å². The maximum atomic E-state index is 12.6. The summed E-state index contributed by atoms with van der Waals surface area (Å²) in [6.07, 6.45) is 3.51. The molecule has 1 aromatic carbocycles. The van der Waals surface area contributed by atoms with Crippen molar-refractivity contribution >= 4 is 17.6 Å². The van der Waals surface area contributed by atoms with Crippen molar-refractivity contribution in [2.45, 2.75) is 32.5 Å². The van der Waals surface area contributed by atoms with E-state index in [4.69, 9.17) is 14.6 Å². The number of hydrogen-bond acceptors (Lipinski definition) is 9. The number of ether oxygens (including phenoxy) is 2. The predicted octanol–water partition coefficient (Wildman–Crippen LogP) is 2.83. The van der Waals surface area contributed by atoms with Crippen molar-refractivity contribution < 1.29 is 37.3 Å². The Hall–Kier alpha value is -4.92. The van der Waals surface area contributed by atoms with Crippen LogP contribution in [0.3, 0.4) is 0 Å². The van der Waals surface area contributed by atoms with Gasteiger partial charge in [0.05, 0.1) is 5.69 Å². The van der Waals surface area contributed by atoms with E-state index in [0.717, 1.165) is 61.3 Å². The minimum absolute atomic E-state index is 0.0287. The number of carboxylic acid groups (broad SMARTS) is 1. The zero-order valence-corrected chi connectivity index (χ0v) is 24.5. The van der Waals surface area contributed by atoms with Gasteiger partial charge in [-0.25, -0.2) is 14.4 Å². The molecular formula is C30H34F3N5O7. The number of para-hydroxylation sites is 2. The number of aliphatic carboxylic acids is 1. The van der Waals surface area contributed by atoms with Crippen molar-refractivity contribution in [2.75, 3.05) is 44.2 Å². The van der Waals surface area contributed by atoms with Gasteiger partial charge in [0.1, 0.15) is 12.4 Å². The summed E-state index contributed by atoms with van der Waals surface area (Å²) in [5.41, 5.74) is 2.50. The number of esters is 1. The summed E-state index contributed by atoms with van der Waals surface area (Å²) >= 11 is 0. The van der Waals surface area contributed by atoms with Gasteiger partial charge in [0, 0.05) is 63.0 Å². The lowest BCUT2D eigenvalue weighted by Gasteiger charge is -2.36. The normalized spacial score (nSPS) is 13.6. The molecule has 45 heavy (non-hydrogen) atoms. The number of aromatic amines is 2. The van der Waals surface area contributed by atoms with Crippen LogP contribution in [-0.2, 0) is 27.4 Å². The van der Waals surface area contributed by atoms with Gasteiger partial charge >= 0.3 is 23.8 Å². The number of carbonyl (C=O) groups is 2. The number of aryl methyl sites for hydroxylation is 2. The van der Waals surface area contributed by atoms with E-state index < -0.39 is 30.4 Å². The third kappa shape index (κ3) is 12.3. The van der Waals surface area contributed by atoms with Gasteiger partial charge in [-0.15, -0.1) is 0 Å². The smallest absolute Gasteiger partial charge is 0.422 e. The number of H-pyrrole nitrogens is 2. The molecular weight excluding hydrogens is 599 g/mol. The fraction of sp³-hybridized carbons (Fsp3) is 0.367. The maximum Gasteiger partial charge on any atom is 0.422 e. The molecule has 3 heterocycles. The minimum atomic E-state index is -4.39. The number of aromatic nitrogens is 3. The van der Waals surface area contributed by atoms with Gasteiger partial charge in [-0.2, -0.15) is 13.2 Å². The van der Waals surface area contributed by atoms with E-state index in [9.17, 15) is 32.3 Å². The Morgan fingerprint density at radius 2 is 1.80 bits per heavy atom. The van der Waals surface area contributed by atoms with Crippen molar-refractivity contribution in [2.24, 2.45) is 0 Å². The standard InChI is InChI=1S/C26H30F3N3O5.C4H4N2O2/c1-19-15-30-16-20(21(19)17-36-25(35)9-8-24(33)34)5-4-10-31-11-13-32(14-12-31)22-6-2-3-7-23(22)37-18-26(27,28)29;7-3-1-2-5-4(8)6-3/h2-3,6-9,15-16H,4-5,10-14,17-18H2,1H3,(H,33,34);1-2H,(H2,5,6,7,8)/b9-8+;. The van der Waals surface area contributed by atoms with Crippen LogP contribution in [-0.4, -0.2) is 82.4 Å². The molecule has 0 atom stereocenters. The Balaban J connectivity index is 0.000000598. The molecule has 1 aliphatic heterocycles. The van der Waals surface area contributed by atoms with Gasteiger partial charge < -0.3 is 24.5 Å². The van der Waals surface area contributed by atoms with Crippen LogP contribution in [0.25, 0.3) is 0 Å². The van der Waals surface area contributed by atoms with E-state index >= 15 is 0 Å². The summed E-state index contributed by atoms with van der Waals surface area (Å²) in [4.78, 5) is 55.5. The number of piperazine rings is 1. The van der Waals surface area contributed by atoms with Crippen LogP contribution in [0.15, 0.2) is 70.7 Å². The molecule has 0 aliphatic carbocycles. The van der Waals surface area contributed by atoms with E-state index in [1.807, 2.05) is 16.8 Å². The van der Waals surface area contributed by atoms with Gasteiger partial charge in [-0.3, -0.25) is 19.7 Å². The molecule has 1 fully saturated rings. The van der Waals surface area contributed by atoms with Crippen LogP contribution in [0.1, 0.15) is 23.1 Å². The number of rotatable bonds is 11. The number of benzene rings is 1. The summed E-state index contributed by atoms with van der Waals surface area (Å²) in [6.45, 7) is 4.28. The molecule has 2 aromatic heterocycles. The molecule has 3 N–H and O–H groups in total. The molecule has 0 bridgehead atoms. The highest BCUT2D eigenvalue weighted by Crippen LogP contribution is 2.30. The highest BCUT2D eigenvalue weighted by atomic mass is 19.4. The van der Waals surface area contributed by atoms with E-state index in [-0.39, 0.29) is 17.9 Å². The Morgan fingerprint density at radius 1 is 1.07 bits per heavy atom. The second-order valence-electron chi connectivity index (χ2n) is 9.97. The lowest BCUT2D eigenvalue weighted by molar-refractivity contribution is -0.153. The molecule has 4 rings (SSSR count). The van der Waals surface area contributed by atoms with Crippen LogP contribution in [0.4, 0.5) is 18.9 Å². The molecule has 0 saturated carbocycles. The largest absolute Gasteiger partial charge is 0.482 e. The number of halogens is 3. The topological polar surface area (TPSA) is 158 Å². The number of carboxylic acids is 1. The zero-order valence-electron chi connectivity index (χ0n) is 24.5. The summed E-state index contributed by atoms with van der Waals surface area (Å²) in [5, 5.41) is 8.62. The van der Waals surface area contributed by atoms with Crippen LogP contribution >= 0.6 is 0 Å². The number of anilines is 1. The Bertz CT molecular complexity index is 1540. The molecule has 1 saturated heterocycles. The minimum Gasteiger partial charge on any atom is -0.482 e. The molecule has 3 aromatic rings. The Labute approximate surface area is 256 Å². The van der Waals surface area contributed by atoms with E-state index in [0.29, 0.717) is 18.8 Å². The predicted molar refractivity (Wildman–Crippen MR) is 158 cm³/mol. The summed E-state index contributed by atoms with van der Waals surface area (Å²) in [7, 11) is 0. The SMILES string of the molecule is Cc1cncc(CCCN2CCN(c3ccccc3OCC(F)(F)F)CC2)c1COC(=O)/C=C/C(=O)O.O=c1cc[nH]c(=O)[nH]1. The second-order valence-corrected chi connectivity index (χ2v) is 9.97. The lowest BCUT2D eigenvalue weighted by atomic mass is 10.0. The first kappa shape index (κ1) is 34.6. The first-order valence-electron chi connectivity index (χ1n) is 14.0. The number of nitrogens with one attached hydrogen (secondary N) is 2. The Morgan fingerprint density at radius 3 is 2.44 bits per heavy atom. The van der Waals surface area contributed by atoms with Crippen LogP contribution in [0.5, 0.6) is 5.75 Å². The number of carbonyl (C=O) groups excluding carboxylic acids is 1. The molecule has 0 unspecified atom stereocenters. The third-order valence-electron chi connectivity index (χ3n) is 6.66. The Kier molecular flexibility index (Phi) is 12.9. The van der Waals surface area contributed by atoms with Crippen molar-refractivity contribution in [3.8, 4) is 5.75 Å². The van der Waals surface area contributed by atoms with Gasteiger partial charge in [0.25, 0.3) is 5.56 Å². The number of alkyl halides is 3. The molecule has 12 nitrogen and oxygen atoms in total. The van der Waals surface area contributed by atoms with Crippen molar-refractivity contribution in [1.29, 1.82) is 0 Å². The van der Waals surface area contributed by atoms with Crippen LogP contribution < -0.4 is 20.9 Å². The average molecular weight is 634 g/mol. The monoisotopic (exact) mass is 633 g/mol. The summed E-state index contributed by atoms with van der Waals surface area (Å²) < 4.78 is 48.0. The third-order valence-corrected chi connectivity index (χ3v) is 6.66. The summed E-state index contributed by atoms with van der Waals surface area (Å²) in [6, 6.07) is 8.02. The molecule has 0 spiro atoms. The zero-order chi connectivity index (χ0) is 32.8. The highest BCUT2D eigenvalue weighted by molar-refractivity contribution is 5.90. The summed E-state index contributed by atoms with van der Waals surface area (Å²) in [5.74, 6) is -1.72. The maximum absolute atomic E-state index is 12.6. The molecule has 0 radical (unpaired) electrons. The van der Waals surface area contributed by atoms with Crippen molar-refractivity contribution in [3.63, 3.8) is 0 Å². The van der Waals surface area contributed by atoms with Crippen molar-refractivity contribution in [3.05, 3.63) is 98.6 Å². The van der Waals surface area contributed by atoms with Gasteiger partial charge in [-0.1, -0.05) is 12.1 Å². The van der Waals surface area contributed by atoms with Gasteiger partial charge in [0.15, 0.2) is 6.61 Å². The van der Waals surface area contributed by atoms with E-state index in [1.54, 1.807) is 36.7 Å². The molecule has 1 aliphatic rings.